The lowest BCUT2D eigenvalue weighted by Gasteiger charge is -2.12. The molecule has 1 nitrogen and oxygen atoms in total. The predicted octanol–water partition coefficient (Wildman–Crippen LogP) is 3.10. The Labute approximate surface area is 99.8 Å². The lowest BCUT2D eigenvalue weighted by molar-refractivity contribution is 0.299. The van der Waals surface area contributed by atoms with E-state index in [0.29, 0.717) is 12.3 Å². The summed E-state index contributed by atoms with van der Waals surface area (Å²) in [5.74, 6) is 3.07. The molecule has 1 unspecified atom stereocenters. The number of aliphatic hydroxyl groups excluding tert-OH is 1. The van der Waals surface area contributed by atoms with E-state index in [1.807, 2.05) is 17.8 Å². The molecule has 1 saturated heterocycles. The van der Waals surface area contributed by atoms with Gasteiger partial charge in [0.05, 0.1) is 0 Å². The minimum absolute atomic E-state index is 0.189. The van der Waals surface area contributed by atoms with Crippen LogP contribution in [0, 0.1) is 0 Å². The van der Waals surface area contributed by atoms with Crippen LogP contribution in [-0.4, -0.2) is 23.2 Å². The van der Waals surface area contributed by atoms with E-state index in [2.05, 4.69) is 12.1 Å². The van der Waals surface area contributed by atoms with Gasteiger partial charge in [-0.15, -0.1) is 0 Å². The molecule has 3 heteroatoms. The Morgan fingerprint density at radius 3 is 2.93 bits per heavy atom. The van der Waals surface area contributed by atoms with Crippen molar-refractivity contribution < 1.29 is 5.11 Å². The fourth-order valence-electron chi connectivity index (χ4n) is 1.97. The minimum Gasteiger partial charge on any atom is -0.396 e. The predicted molar refractivity (Wildman–Crippen MR) is 66.9 cm³/mol. The molecule has 2 rings (SSSR count). The SMILES string of the molecule is OCCc1ccc(C2CCSC2)c(Cl)c1. The fourth-order valence-corrected chi connectivity index (χ4v) is 3.57. The highest BCUT2D eigenvalue weighted by molar-refractivity contribution is 7.99. The van der Waals surface area contributed by atoms with Crippen molar-refractivity contribution in [2.24, 2.45) is 0 Å². The van der Waals surface area contributed by atoms with Crippen LogP contribution < -0.4 is 0 Å². The normalized spacial score (nSPS) is 20.8. The van der Waals surface area contributed by atoms with Crippen LogP contribution in [0.4, 0.5) is 0 Å². The van der Waals surface area contributed by atoms with E-state index in [9.17, 15) is 0 Å². The second-order valence-electron chi connectivity index (χ2n) is 3.89. The van der Waals surface area contributed by atoms with Crippen molar-refractivity contribution >= 4 is 23.4 Å². The molecular weight excluding hydrogens is 228 g/mol. The molecule has 1 heterocycles. The van der Waals surface area contributed by atoms with Crippen LogP contribution in [0.2, 0.25) is 5.02 Å². The van der Waals surface area contributed by atoms with Gasteiger partial charge in [-0.3, -0.25) is 0 Å². The van der Waals surface area contributed by atoms with Crippen molar-refractivity contribution in [2.45, 2.75) is 18.8 Å². The highest BCUT2D eigenvalue weighted by Crippen LogP contribution is 2.36. The summed E-state index contributed by atoms with van der Waals surface area (Å²) in [6.45, 7) is 0.189. The smallest absolute Gasteiger partial charge is 0.0471 e. The summed E-state index contributed by atoms with van der Waals surface area (Å²) in [7, 11) is 0. The molecule has 1 atom stereocenters. The topological polar surface area (TPSA) is 20.2 Å². The molecule has 0 saturated carbocycles. The van der Waals surface area contributed by atoms with Gasteiger partial charge >= 0.3 is 0 Å². The van der Waals surface area contributed by atoms with Crippen LogP contribution in [0.25, 0.3) is 0 Å². The fraction of sp³-hybridized carbons (Fsp3) is 0.500. The standard InChI is InChI=1S/C12H15ClOS/c13-12-7-9(3-5-14)1-2-11(12)10-4-6-15-8-10/h1-2,7,10,14H,3-6,8H2. The summed E-state index contributed by atoms with van der Waals surface area (Å²) in [6, 6.07) is 6.21. The van der Waals surface area contributed by atoms with E-state index < -0.39 is 0 Å². The maximum atomic E-state index is 8.84. The van der Waals surface area contributed by atoms with Crippen LogP contribution in [0.3, 0.4) is 0 Å². The number of hydrogen-bond acceptors (Lipinski definition) is 2. The van der Waals surface area contributed by atoms with Gasteiger partial charge in [-0.2, -0.15) is 11.8 Å². The van der Waals surface area contributed by atoms with Crippen LogP contribution in [0.15, 0.2) is 18.2 Å². The number of benzene rings is 1. The summed E-state index contributed by atoms with van der Waals surface area (Å²) in [5.41, 5.74) is 2.40. The molecule has 1 N–H and O–H groups in total. The molecular formula is C12H15ClOS. The zero-order valence-corrected chi connectivity index (χ0v) is 10.2. The maximum absolute atomic E-state index is 8.84. The number of rotatable bonds is 3. The summed E-state index contributed by atoms with van der Waals surface area (Å²) < 4.78 is 0. The maximum Gasteiger partial charge on any atom is 0.0471 e. The monoisotopic (exact) mass is 242 g/mol. The largest absolute Gasteiger partial charge is 0.396 e. The third-order valence-electron chi connectivity index (χ3n) is 2.83. The molecule has 0 aromatic heterocycles. The van der Waals surface area contributed by atoms with E-state index >= 15 is 0 Å². The molecule has 1 aliphatic rings. The van der Waals surface area contributed by atoms with Gasteiger partial charge in [0.25, 0.3) is 0 Å². The Bertz CT molecular complexity index is 334. The van der Waals surface area contributed by atoms with Crippen molar-refractivity contribution in [3.8, 4) is 0 Å². The zero-order valence-electron chi connectivity index (χ0n) is 8.58. The van der Waals surface area contributed by atoms with E-state index in [0.717, 1.165) is 10.6 Å². The molecule has 82 valence electrons. The average molecular weight is 243 g/mol. The average Bonchev–Trinajstić information content (AvgIpc) is 2.71. The Balaban J connectivity index is 2.18. The Morgan fingerprint density at radius 2 is 2.33 bits per heavy atom. The second-order valence-corrected chi connectivity index (χ2v) is 5.45. The molecule has 1 aromatic rings. The van der Waals surface area contributed by atoms with Crippen LogP contribution in [-0.2, 0) is 6.42 Å². The van der Waals surface area contributed by atoms with Gasteiger partial charge in [0.2, 0.25) is 0 Å². The van der Waals surface area contributed by atoms with E-state index in [-0.39, 0.29) is 6.61 Å². The van der Waals surface area contributed by atoms with Crippen molar-refractivity contribution in [3.05, 3.63) is 34.3 Å². The van der Waals surface area contributed by atoms with Crippen LogP contribution in [0.5, 0.6) is 0 Å². The van der Waals surface area contributed by atoms with E-state index in [1.54, 1.807) is 0 Å². The second kappa shape index (κ2) is 5.24. The van der Waals surface area contributed by atoms with Gasteiger partial charge in [0.15, 0.2) is 0 Å². The molecule has 1 fully saturated rings. The molecule has 1 aromatic carbocycles. The van der Waals surface area contributed by atoms with Crippen LogP contribution >= 0.6 is 23.4 Å². The van der Waals surface area contributed by atoms with Crippen molar-refractivity contribution in [1.29, 1.82) is 0 Å². The Hall–Kier alpha value is -0.180. The first-order chi connectivity index (χ1) is 7.31. The molecule has 0 spiro atoms. The highest BCUT2D eigenvalue weighted by atomic mass is 35.5. The molecule has 15 heavy (non-hydrogen) atoms. The molecule has 0 aliphatic carbocycles. The lowest BCUT2D eigenvalue weighted by atomic mass is 9.97. The first kappa shape index (κ1) is 11.3. The number of thioether (sulfide) groups is 1. The van der Waals surface area contributed by atoms with Crippen molar-refractivity contribution in [2.75, 3.05) is 18.1 Å². The van der Waals surface area contributed by atoms with Gasteiger partial charge in [-0.25, -0.2) is 0 Å². The van der Waals surface area contributed by atoms with Crippen molar-refractivity contribution in [3.63, 3.8) is 0 Å². The Morgan fingerprint density at radius 1 is 1.47 bits per heavy atom. The first-order valence-corrected chi connectivity index (χ1v) is 6.81. The van der Waals surface area contributed by atoms with E-state index in [4.69, 9.17) is 16.7 Å². The lowest BCUT2D eigenvalue weighted by Crippen LogP contribution is -1.99. The molecule has 0 radical (unpaired) electrons. The summed E-state index contributed by atoms with van der Waals surface area (Å²) in [5, 5.41) is 9.71. The van der Waals surface area contributed by atoms with Gasteiger partial charge in [0.1, 0.15) is 0 Å². The van der Waals surface area contributed by atoms with Gasteiger partial charge in [-0.1, -0.05) is 23.7 Å². The summed E-state index contributed by atoms with van der Waals surface area (Å²) >= 11 is 8.26. The molecule has 1 aliphatic heterocycles. The molecule has 0 amide bonds. The minimum atomic E-state index is 0.189. The third kappa shape index (κ3) is 2.68. The van der Waals surface area contributed by atoms with Gasteiger partial charge in [-0.05, 0) is 41.7 Å². The van der Waals surface area contributed by atoms with Gasteiger partial charge < -0.3 is 5.11 Å². The summed E-state index contributed by atoms with van der Waals surface area (Å²) in [4.78, 5) is 0. The number of halogens is 1. The first-order valence-electron chi connectivity index (χ1n) is 5.28. The number of aliphatic hydroxyl groups is 1. The summed E-state index contributed by atoms with van der Waals surface area (Å²) in [6.07, 6.45) is 1.93. The highest BCUT2D eigenvalue weighted by Gasteiger charge is 2.19. The van der Waals surface area contributed by atoms with Gasteiger partial charge in [0, 0.05) is 17.4 Å². The zero-order chi connectivity index (χ0) is 10.7. The van der Waals surface area contributed by atoms with Crippen LogP contribution in [0.1, 0.15) is 23.5 Å². The van der Waals surface area contributed by atoms with Crippen molar-refractivity contribution in [1.82, 2.24) is 0 Å². The quantitative estimate of drug-likeness (QED) is 0.879. The number of hydrogen-bond donors (Lipinski definition) is 1. The van der Waals surface area contributed by atoms with E-state index in [1.165, 1.54) is 23.5 Å². The Kier molecular flexibility index (Phi) is 3.95. The molecule has 0 bridgehead atoms. The third-order valence-corrected chi connectivity index (χ3v) is 4.32.